The Labute approximate surface area is 161 Å². The molecule has 0 saturated carbocycles. The molecule has 0 unspecified atom stereocenters. The van der Waals surface area contributed by atoms with E-state index in [1.165, 1.54) is 12.4 Å². The van der Waals surface area contributed by atoms with Crippen LogP contribution in [0.4, 0.5) is 17.3 Å². The second-order valence-electron chi connectivity index (χ2n) is 5.43. The molecule has 2 aromatic carbocycles. The van der Waals surface area contributed by atoms with Crippen molar-refractivity contribution in [1.29, 1.82) is 0 Å². The van der Waals surface area contributed by atoms with Gasteiger partial charge in [-0.25, -0.2) is 9.97 Å². The van der Waals surface area contributed by atoms with Crippen LogP contribution in [0.1, 0.15) is 17.3 Å². The summed E-state index contributed by atoms with van der Waals surface area (Å²) in [5.74, 6) is 0.184. The van der Waals surface area contributed by atoms with Gasteiger partial charge in [0, 0.05) is 29.6 Å². The maximum absolute atomic E-state index is 12.4. The summed E-state index contributed by atoms with van der Waals surface area (Å²) in [7, 11) is 0. The van der Waals surface area contributed by atoms with Gasteiger partial charge in [-0.1, -0.05) is 41.4 Å². The fraction of sp³-hybridized carbons (Fsp3) is 0.105. The summed E-state index contributed by atoms with van der Waals surface area (Å²) in [6, 6.07) is 14.7. The van der Waals surface area contributed by atoms with Crippen molar-refractivity contribution < 1.29 is 4.79 Å². The van der Waals surface area contributed by atoms with Gasteiger partial charge >= 0.3 is 0 Å². The third-order valence-corrected chi connectivity index (χ3v) is 4.25. The molecule has 0 fully saturated rings. The van der Waals surface area contributed by atoms with Crippen molar-refractivity contribution in [2.24, 2.45) is 0 Å². The first-order valence-electron chi connectivity index (χ1n) is 7.99. The quantitative estimate of drug-likeness (QED) is 0.654. The number of anilines is 3. The highest BCUT2D eigenvalue weighted by molar-refractivity contribution is 6.36. The Morgan fingerprint density at radius 2 is 1.77 bits per heavy atom. The molecule has 0 aliphatic carbocycles. The van der Waals surface area contributed by atoms with Gasteiger partial charge in [0.2, 0.25) is 5.95 Å². The van der Waals surface area contributed by atoms with Gasteiger partial charge in [0.05, 0.1) is 16.3 Å². The fourth-order valence-corrected chi connectivity index (χ4v) is 2.87. The molecule has 26 heavy (non-hydrogen) atoms. The molecule has 0 spiro atoms. The summed E-state index contributed by atoms with van der Waals surface area (Å²) in [5, 5.41) is 3.59. The van der Waals surface area contributed by atoms with Crippen LogP contribution in [0.2, 0.25) is 10.0 Å². The van der Waals surface area contributed by atoms with Crippen molar-refractivity contribution in [2.45, 2.75) is 6.92 Å². The Kier molecular flexibility index (Phi) is 5.71. The van der Waals surface area contributed by atoms with Crippen LogP contribution in [-0.2, 0) is 0 Å². The Hall–Kier alpha value is -2.63. The number of amides is 1. The third-order valence-electron chi connectivity index (χ3n) is 3.71. The van der Waals surface area contributed by atoms with E-state index < -0.39 is 0 Å². The lowest BCUT2D eigenvalue weighted by atomic mass is 10.2. The molecular weight excluding hydrogens is 371 g/mol. The SMILES string of the molecule is CCN(c1ccccc1)c1ncc(C(=O)Nc2ccc(Cl)cc2Cl)cn1. The zero-order valence-corrected chi connectivity index (χ0v) is 15.5. The van der Waals surface area contributed by atoms with Crippen LogP contribution in [0.3, 0.4) is 0 Å². The molecule has 1 aromatic heterocycles. The van der Waals surface area contributed by atoms with E-state index in [0.29, 0.717) is 33.8 Å². The minimum Gasteiger partial charge on any atom is -0.321 e. The number of hydrogen-bond donors (Lipinski definition) is 1. The number of nitrogens with zero attached hydrogens (tertiary/aromatic N) is 3. The molecule has 0 aliphatic rings. The van der Waals surface area contributed by atoms with Crippen LogP contribution in [0, 0.1) is 0 Å². The molecule has 7 heteroatoms. The van der Waals surface area contributed by atoms with E-state index in [0.717, 1.165) is 5.69 Å². The van der Waals surface area contributed by atoms with Crippen molar-refractivity contribution >= 4 is 46.4 Å². The van der Waals surface area contributed by atoms with Crippen molar-refractivity contribution in [1.82, 2.24) is 9.97 Å². The second kappa shape index (κ2) is 8.17. The van der Waals surface area contributed by atoms with Crippen molar-refractivity contribution in [3.63, 3.8) is 0 Å². The highest BCUT2D eigenvalue weighted by atomic mass is 35.5. The molecule has 132 valence electrons. The summed E-state index contributed by atoms with van der Waals surface area (Å²) >= 11 is 11.9. The van der Waals surface area contributed by atoms with E-state index in [2.05, 4.69) is 15.3 Å². The van der Waals surface area contributed by atoms with E-state index in [-0.39, 0.29) is 5.91 Å². The Balaban J connectivity index is 1.77. The molecule has 1 amide bonds. The molecule has 3 rings (SSSR count). The lowest BCUT2D eigenvalue weighted by Crippen LogP contribution is -2.20. The number of nitrogens with one attached hydrogen (secondary N) is 1. The maximum atomic E-state index is 12.4. The standard InChI is InChI=1S/C19H16Cl2N4O/c1-2-25(15-6-4-3-5-7-15)19-22-11-13(12-23-19)18(26)24-17-9-8-14(20)10-16(17)21/h3-12H,2H2,1H3,(H,24,26). The molecule has 0 aliphatic heterocycles. The van der Waals surface area contributed by atoms with E-state index >= 15 is 0 Å². The Bertz CT molecular complexity index is 901. The molecule has 0 atom stereocenters. The third kappa shape index (κ3) is 4.12. The van der Waals surface area contributed by atoms with Gasteiger partial charge in [-0.15, -0.1) is 0 Å². The van der Waals surface area contributed by atoms with Crippen molar-refractivity contribution in [3.8, 4) is 0 Å². The van der Waals surface area contributed by atoms with Gasteiger partial charge in [-0.3, -0.25) is 4.79 Å². The lowest BCUT2D eigenvalue weighted by molar-refractivity contribution is 0.102. The van der Waals surface area contributed by atoms with Crippen LogP contribution >= 0.6 is 23.2 Å². The summed E-state index contributed by atoms with van der Waals surface area (Å²) in [6.45, 7) is 2.72. The number of carbonyl (C=O) groups is 1. The first-order chi connectivity index (χ1) is 12.6. The smallest absolute Gasteiger partial charge is 0.258 e. The highest BCUT2D eigenvalue weighted by Gasteiger charge is 2.13. The van der Waals surface area contributed by atoms with Crippen LogP contribution in [0.5, 0.6) is 0 Å². The van der Waals surface area contributed by atoms with Crippen LogP contribution in [0.25, 0.3) is 0 Å². The minimum atomic E-state index is -0.344. The van der Waals surface area contributed by atoms with Crippen LogP contribution in [-0.4, -0.2) is 22.4 Å². The average molecular weight is 387 g/mol. The molecular formula is C19H16Cl2N4O. The summed E-state index contributed by atoms with van der Waals surface area (Å²) in [5.41, 5.74) is 1.80. The number of aromatic nitrogens is 2. The number of para-hydroxylation sites is 1. The normalized spacial score (nSPS) is 10.4. The Morgan fingerprint density at radius 1 is 1.08 bits per heavy atom. The number of hydrogen-bond acceptors (Lipinski definition) is 4. The van der Waals surface area contributed by atoms with Gasteiger partial charge in [0.15, 0.2) is 0 Å². The van der Waals surface area contributed by atoms with Gasteiger partial charge < -0.3 is 10.2 Å². The fourth-order valence-electron chi connectivity index (χ4n) is 2.41. The zero-order chi connectivity index (χ0) is 18.5. The van der Waals surface area contributed by atoms with Crippen LogP contribution < -0.4 is 10.2 Å². The molecule has 0 bridgehead atoms. The molecule has 1 heterocycles. The number of halogens is 2. The van der Waals surface area contributed by atoms with Gasteiger partial charge in [0.25, 0.3) is 5.91 Å². The molecule has 5 nitrogen and oxygen atoms in total. The lowest BCUT2D eigenvalue weighted by Gasteiger charge is -2.20. The average Bonchev–Trinajstić information content (AvgIpc) is 2.66. The summed E-state index contributed by atoms with van der Waals surface area (Å²) < 4.78 is 0. The molecule has 0 saturated heterocycles. The van der Waals surface area contributed by atoms with E-state index in [9.17, 15) is 4.79 Å². The summed E-state index contributed by atoms with van der Waals surface area (Å²) in [6.07, 6.45) is 2.99. The maximum Gasteiger partial charge on any atom is 0.258 e. The predicted molar refractivity (Wildman–Crippen MR) is 106 cm³/mol. The number of rotatable bonds is 5. The zero-order valence-electron chi connectivity index (χ0n) is 14.0. The number of benzene rings is 2. The largest absolute Gasteiger partial charge is 0.321 e. The monoisotopic (exact) mass is 386 g/mol. The first-order valence-corrected chi connectivity index (χ1v) is 8.75. The minimum absolute atomic E-state index is 0.337. The molecule has 3 aromatic rings. The topological polar surface area (TPSA) is 58.1 Å². The molecule has 1 N–H and O–H groups in total. The van der Waals surface area contributed by atoms with E-state index in [4.69, 9.17) is 23.2 Å². The highest BCUT2D eigenvalue weighted by Crippen LogP contribution is 2.26. The molecule has 0 radical (unpaired) electrons. The first kappa shape index (κ1) is 18.2. The van der Waals surface area contributed by atoms with Gasteiger partial charge in [0.1, 0.15) is 0 Å². The van der Waals surface area contributed by atoms with E-state index in [1.54, 1.807) is 18.2 Å². The predicted octanol–water partition coefficient (Wildman–Crippen LogP) is 5.19. The van der Waals surface area contributed by atoms with E-state index in [1.807, 2.05) is 42.2 Å². The summed E-state index contributed by atoms with van der Waals surface area (Å²) in [4.78, 5) is 23.0. The van der Waals surface area contributed by atoms with Crippen molar-refractivity contribution in [2.75, 3.05) is 16.8 Å². The van der Waals surface area contributed by atoms with Crippen molar-refractivity contribution in [3.05, 3.63) is 76.5 Å². The second-order valence-corrected chi connectivity index (χ2v) is 6.27. The van der Waals surface area contributed by atoms with Gasteiger partial charge in [-0.2, -0.15) is 0 Å². The van der Waals surface area contributed by atoms with Crippen LogP contribution in [0.15, 0.2) is 60.9 Å². The number of carbonyl (C=O) groups excluding carboxylic acids is 1. The Morgan fingerprint density at radius 3 is 2.38 bits per heavy atom. The van der Waals surface area contributed by atoms with Gasteiger partial charge in [-0.05, 0) is 37.3 Å².